The van der Waals surface area contributed by atoms with Crippen molar-refractivity contribution in [2.75, 3.05) is 11.7 Å². The minimum Gasteiger partial charge on any atom is -0.454 e. The van der Waals surface area contributed by atoms with Crippen molar-refractivity contribution in [2.45, 2.75) is 19.5 Å². The number of benzene rings is 2. The third-order valence-electron chi connectivity index (χ3n) is 4.31. The number of para-hydroxylation sites is 1. The average molecular weight is 359 g/mol. The van der Waals surface area contributed by atoms with Crippen molar-refractivity contribution < 1.29 is 19.1 Å². The molecule has 1 atom stereocenters. The molecular formula is C18H15ClN2O4. The van der Waals surface area contributed by atoms with Gasteiger partial charge in [-0.1, -0.05) is 29.8 Å². The summed E-state index contributed by atoms with van der Waals surface area (Å²) in [7, 11) is 0. The molecule has 2 aromatic rings. The Morgan fingerprint density at radius 1 is 1.16 bits per heavy atom. The molecule has 1 saturated heterocycles. The van der Waals surface area contributed by atoms with Gasteiger partial charge in [0, 0.05) is 5.69 Å². The number of nitrogens with zero attached hydrogens (tertiary/aromatic N) is 2. The van der Waals surface area contributed by atoms with Crippen LogP contribution in [0.5, 0.6) is 11.5 Å². The fraction of sp³-hybridized carbons (Fsp3) is 0.222. The van der Waals surface area contributed by atoms with Crippen LogP contribution in [0.3, 0.4) is 0 Å². The first-order chi connectivity index (χ1) is 12.1. The van der Waals surface area contributed by atoms with Gasteiger partial charge in [0.2, 0.25) is 6.79 Å². The Hall–Kier alpha value is -2.73. The molecule has 6 nitrogen and oxygen atoms in total. The SMILES string of the molecule is C[C@H]1C(=O)N(Cc2cc(Cl)c3c(c2)OCO3)C(=O)N1c1ccccc1. The van der Waals surface area contributed by atoms with Crippen LogP contribution in [0.1, 0.15) is 12.5 Å². The maximum atomic E-state index is 12.8. The van der Waals surface area contributed by atoms with E-state index in [4.69, 9.17) is 21.1 Å². The van der Waals surface area contributed by atoms with Gasteiger partial charge in [0.25, 0.3) is 5.91 Å². The molecule has 25 heavy (non-hydrogen) atoms. The van der Waals surface area contributed by atoms with Crippen molar-refractivity contribution in [3.63, 3.8) is 0 Å². The first-order valence-electron chi connectivity index (χ1n) is 7.84. The van der Waals surface area contributed by atoms with E-state index in [1.54, 1.807) is 19.1 Å². The third-order valence-corrected chi connectivity index (χ3v) is 4.59. The summed E-state index contributed by atoms with van der Waals surface area (Å²) in [5.74, 6) is 0.765. The van der Waals surface area contributed by atoms with Crippen LogP contribution in [-0.2, 0) is 11.3 Å². The van der Waals surface area contributed by atoms with Crippen LogP contribution in [-0.4, -0.2) is 29.7 Å². The highest BCUT2D eigenvalue weighted by atomic mass is 35.5. The van der Waals surface area contributed by atoms with Gasteiger partial charge >= 0.3 is 6.03 Å². The number of halogens is 1. The number of anilines is 1. The normalized spacial score (nSPS) is 19.0. The monoisotopic (exact) mass is 358 g/mol. The number of rotatable bonds is 3. The van der Waals surface area contributed by atoms with Crippen molar-refractivity contribution in [3.8, 4) is 11.5 Å². The lowest BCUT2D eigenvalue weighted by Crippen LogP contribution is -2.33. The fourth-order valence-electron chi connectivity index (χ4n) is 3.09. The topological polar surface area (TPSA) is 59.1 Å². The average Bonchev–Trinajstić information content (AvgIpc) is 3.16. The highest BCUT2D eigenvalue weighted by molar-refractivity contribution is 6.32. The minimum absolute atomic E-state index is 0.110. The maximum Gasteiger partial charge on any atom is 0.332 e. The van der Waals surface area contributed by atoms with E-state index in [2.05, 4.69) is 0 Å². The lowest BCUT2D eigenvalue weighted by Gasteiger charge is -2.19. The second-order valence-corrected chi connectivity index (χ2v) is 6.31. The van der Waals surface area contributed by atoms with Crippen molar-refractivity contribution in [1.29, 1.82) is 0 Å². The number of carbonyl (C=O) groups is 2. The second kappa shape index (κ2) is 5.97. The summed E-state index contributed by atoms with van der Waals surface area (Å²) in [5.41, 5.74) is 1.40. The number of ether oxygens (including phenoxy) is 2. The zero-order chi connectivity index (χ0) is 17.6. The summed E-state index contributed by atoms with van der Waals surface area (Å²) < 4.78 is 10.6. The van der Waals surface area contributed by atoms with Crippen LogP contribution in [0, 0.1) is 0 Å². The van der Waals surface area contributed by atoms with E-state index in [1.807, 2.05) is 30.3 Å². The van der Waals surface area contributed by atoms with Gasteiger partial charge in [-0.3, -0.25) is 14.6 Å². The van der Waals surface area contributed by atoms with Crippen LogP contribution < -0.4 is 14.4 Å². The van der Waals surface area contributed by atoms with Crippen molar-refractivity contribution >= 4 is 29.2 Å². The first-order valence-corrected chi connectivity index (χ1v) is 8.21. The predicted molar refractivity (Wildman–Crippen MR) is 91.9 cm³/mol. The third kappa shape index (κ3) is 2.59. The zero-order valence-corrected chi connectivity index (χ0v) is 14.2. The molecule has 0 aromatic heterocycles. The Kier molecular flexibility index (Phi) is 3.77. The highest BCUT2D eigenvalue weighted by Gasteiger charge is 2.43. The molecule has 7 heteroatoms. The lowest BCUT2D eigenvalue weighted by atomic mass is 10.2. The number of fused-ring (bicyclic) bond motifs is 1. The Balaban J connectivity index is 1.62. The first kappa shape index (κ1) is 15.8. The molecule has 0 radical (unpaired) electrons. The van der Waals surface area contributed by atoms with Gasteiger partial charge in [0.15, 0.2) is 11.5 Å². The van der Waals surface area contributed by atoms with Crippen molar-refractivity contribution in [1.82, 2.24) is 4.90 Å². The van der Waals surface area contributed by atoms with E-state index >= 15 is 0 Å². The molecule has 0 spiro atoms. The lowest BCUT2D eigenvalue weighted by molar-refractivity contribution is -0.127. The Labute approximate surface area is 149 Å². The number of hydrogen-bond donors (Lipinski definition) is 0. The van der Waals surface area contributed by atoms with E-state index in [9.17, 15) is 9.59 Å². The van der Waals surface area contributed by atoms with E-state index in [0.717, 1.165) is 0 Å². The van der Waals surface area contributed by atoms with Crippen molar-refractivity contribution in [2.24, 2.45) is 0 Å². The van der Waals surface area contributed by atoms with E-state index in [0.29, 0.717) is 27.8 Å². The quantitative estimate of drug-likeness (QED) is 0.789. The number of imide groups is 1. The molecule has 128 valence electrons. The minimum atomic E-state index is -0.556. The van der Waals surface area contributed by atoms with Gasteiger partial charge in [0.05, 0.1) is 11.6 Å². The van der Waals surface area contributed by atoms with Gasteiger partial charge in [-0.15, -0.1) is 0 Å². The molecule has 2 aliphatic rings. The van der Waals surface area contributed by atoms with Gasteiger partial charge in [0.1, 0.15) is 6.04 Å². The molecule has 3 amide bonds. The van der Waals surface area contributed by atoms with Crippen LogP contribution in [0.25, 0.3) is 0 Å². The van der Waals surface area contributed by atoms with Crippen LogP contribution in [0.15, 0.2) is 42.5 Å². The summed E-state index contributed by atoms with van der Waals surface area (Å²) in [4.78, 5) is 28.1. The smallest absolute Gasteiger partial charge is 0.332 e. The van der Waals surface area contributed by atoms with Gasteiger partial charge in [-0.25, -0.2) is 4.79 Å². The fourth-order valence-corrected chi connectivity index (χ4v) is 3.38. The number of carbonyl (C=O) groups excluding carboxylic acids is 2. The summed E-state index contributed by atoms with van der Waals surface area (Å²) in [5, 5.41) is 0.400. The summed E-state index contributed by atoms with van der Waals surface area (Å²) in [6.45, 7) is 1.96. The number of amides is 3. The molecule has 0 N–H and O–H groups in total. The molecule has 0 aliphatic carbocycles. The molecule has 0 saturated carbocycles. The Morgan fingerprint density at radius 3 is 2.68 bits per heavy atom. The van der Waals surface area contributed by atoms with Crippen LogP contribution in [0.4, 0.5) is 10.5 Å². The molecular weight excluding hydrogens is 344 g/mol. The molecule has 2 heterocycles. The van der Waals surface area contributed by atoms with Gasteiger partial charge in [-0.05, 0) is 36.8 Å². The summed E-state index contributed by atoms with van der Waals surface area (Å²) in [6, 6.07) is 11.7. The van der Waals surface area contributed by atoms with Gasteiger partial charge in [-0.2, -0.15) is 0 Å². The molecule has 4 rings (SSSR count). The van der Waals surface area contributed by atoms with E-state index in [1.165, 1.54) is 9.80 Å². The van der Waals surface area contributed by atoms with E-state index in [-0.39, 0.29) is 25.3 Å². The highest BCUT2D eigenvalue weighted by Crippen LogP contribution is 2.40. The molecule has 0 bridgehead atoms. The van der Waals surface area contributed by atoms with Crippen molar-refractivity contribution in [3.05, 3.63) is 53.1 Å². The molecule has 0 unspecified atom stereocenters. The summed E-state index contributed by atoms with van der Waals surface area (Å²) in [6.07, 6.45) is 0. The molecule has 2 aromatic carbocycles. The zero-order valence-electron chi connectivity index (χ0n) is 13.4. The summed E-state index contributed by atoms with van der Waals surface area (Å²) >= 11 is 6.18. The second-order valence-electron chi connectivity index (χ2n) is 5.90. The van der Waals surface area contributed by atoms with Crippen LogP contribution >= 0.6 is 11.6 Å². The molecule has 1 fully saturated rings. The maximum absolute atomic E-state index is 12.8. The largest absolute Gasteiger partial charge is 0.454 e. The van der Waals surface area contributed by atoms with Gasteiger partial charge < -0.3 is 9.47 Å². The Morgan fingerprint density at radius 2 is 1.92 bits per heavy atom. The van der Waals surface area contributed by atoms with Crippen LogP contribution in [0.2, 0.25) is 5.02 Å². The van der Waals surface area contributed by atoms with E-state index < -0.39 is 6.04 Å². The Bertz CT molecular complexity index is 856. The predicted octanol–water partition coefficient (Wildman–Crippen LogP) is 3.43. The standard InChI is InChI=1S/C18H15ClN2O4/c1-11-17(22)20(18(23)21(11)13-5-3-2-4-6-13)9-12-7-14(19)16-15(8-12)24-10-25-16/h2-8,11H,9-10H2,1H3/t11-/m0/s1. The number of urea groups is 1. The number of hydrogen-bond acceptors (Lipinski definition) is 4. The molecule has 2 aliphatic heterocycles.